The molecule has 26 N–H and O–H groups in total. The maximum absolute atomic E-state index is 9.73. The summed E-state index contributed by atoms with van der Waals surface area (Å²) in [4.78, 5) is 38.9. The van der Waals surface area contributed by atoms with Gasteiger partial charge in [0.1, 0.15) is 24.2 Å². The Labute approximate surface area is 221 Å². The summed E-state index contributed by atoms with van der Waals surface area (Å²) in [6, 6.07) is -3.61. The highest BCUT2D eigenvalue weighted by atomic mass is 32.3. The van der Waals surface area contributed by atoms with Gasteiger partial charge in [-0.1, -0.05) is 0 Å². The van der Waals surface area contributed by atoms with E-state index in [0.29, 0.717) is 0 Å². The highest BCUT2D eigenvalue weighted by molar-refractivity contribution is 7.80. The van der Waals surface area contributed by atoms with E-state index in [9.17, 15) is 19.2 Å². The van der Waals surface area contributed by atoms with Crippen molar-refractivity contribution in [2.24, 2.45) is 45.9 Å². The number of carboxylic acid groups (broad SMARTS) is 4. The largest absolute Gasteiger partial charge is 0.480 e. The van der Waals surface area contributed by atoms with Crippen molar-refractivity contribution >= 4 is 44.7 Å². The van der Waals surface area contributed by atoms with Crippen LogP contribution in [0, 0.1) is 0 Å². The van der Waals surface area contributed by atoms with Crippen LogP contribution in [0.25, 0.3) is 0 Å². The van der Waals surface area contributed by atoms with Crippen molar-refractivity contribution in [3.05, 3.63) is 0 Å². The third-order valence-electron chi connectivity index (χ3n) is 2.28. The van der Waals surface area contributed by atoms with E-state index in [-0.39, 0.29) is 31.7 Å². The van der Waals surface area contributed by atoms with Crippen LogP contribution < -0.4 is 45.9 Å². The fourth-order valence-electron chi connectivity index (χ4n) is 0.403. The number of rotatable bonds is 8. The van der Waals surface area contributed by atoms with Gasteiger partial charge in [0.15, 0.2) is 0 Å². The summed E-state index contributed by atoms with van der Waals surface area (Å²) < 4.78 is 63.2. The van der Waals surface area contributed by atoms with E-state index in [2.05, 4.69) is 0 Å². The molecule has 0 amide bonds. The first-order chi connectivity index (χ1) is 16.7. The fraction of sp³-hybridized carbons (Fsp3) is 0.667. The van der Waals surface area contributed by atoms with Crippen molar-refractivity contribution in [3.63, 3.8) is 0 Å². The van der Waals surface area contributed by atoms with Crippen LogP contribution in [0.3, 0.4) is 0 Å². The van der Waals surface area contributed by atoms with E-state index in [4.69, 9.17) is 101 Å². The van der Waals surface area contributed by atoms with Crippen molar-refractivity contribution in [2.75, 3.05) is 26.2 Å². The fourth-order valence-corrected chi connectivity index (χ4v) is 0.403. The summed E-state index contributed by atoms with van der Waals surface area (Å²) in [6.07, 6.45) is 0. The quantitative estimate of drug-likeness (QED) is 0.111. The van der Waals surface area contributed by atoms with Crippen molar-refractivity contribution in [1.29, 1.82) is 0 Å². The molecule has 0 aromatic rings. The van der Waals surface area contributed by atoms with Gasteiger partial charge in [0.05, 0.1) is 0 Å². The van der Waals surface area contributed by atoms with Crippen LogP contribution in [0.5, 0.6) is 0 Å². The SMILES string of the molecule is NCC(N)C(=O)O.NCC(N)C(=O)O.NCC(N)C(=O)O.NCC(N)C(=O)O.O.O=S(=O)(O)O.O=S(=O)(O)O. The van der Waals surface area contributed by atoms with Crippen molar-refractivity contribution in [1.82, 2.24) is 0 Å². The van der Waals surface area contributed by atoms with Gasteiger partial charge >= 0.3 is 44.7 Å². The molecule has 0 aromatic carbocycles. The van der Waals surface area contributed by atoms with Crippen LogP contribution >= 0.6 is 0 Å². The van der Waals surface area contributed by atoms with Crippen LogP contribution in [0.15, 0.2) is 0 Å². The topological polar surface area (TPSA) is 538 Å². The zero-order valence-electron chi connectivity index (χ0n) is 19.9. The minimum atomic E-state index is -4.67. The first kappa shape index (κ1) is 52.7. The molecule has 4 atom stereocenters. The van der Waals surface area contributed by atoms with Gasteiger partial charge in [0.25, 0.3) is 0 Å². The molecular weight excluding hydrogens is 592 g/mol. The first-order valence-corrected chi connectivity index (χ1v) is 11.7. The highest BCUT2D eigenvalue weighted by Crippen LogP contribution is 1.70. The third-order valence-corrected chi connectivity index (χ3v) is 2.28. The van der Waals surface area contributed by atoms with Gasteiger partial charge in [-0.15, -0.1) is 0 Å². The number of hydrogen-bond acceptors (Lipinski definition) is 16. The van der Waals surface area contributed by atoms with E-state index in [0.717, 1.165) is 0 Å². The number of hydrogen-bond donors (Lipinski definition) is 16. The van der Waals surface area contributed by atoms with Crippen LogP contribution in [-0.4, -0.2) is 135 Å². The summed E-state index contributed by atoms with van der Waals surface area (Å²) in [6.45, 7) is -0.0185. The molecule has 25 nitrogen and oxygen atoms in total. The van der Waals surface area contributed by atoms with E-state index in [1.54, 1.807) is 0 Å². The molecule has 0 saturated heterocycles. The Morgan fingerprint density at radius 1 is 0.462 bits per heavy atom. The second-order valence-corrected chi connectivity index (χ2v) is 7.41. The molecule has 240 valence electrons. The van der Waals surface area contributed by atoms with Gasteiger partial charge in [0, 0.05) is 26.2 Å². The van der Waals surface area contributed by atoms with Crippen molar-refractivity contribution < 1.29 is 80.1 Å². The normalized spacial score (nSPS) is 12.6. The Morgan fingerprint density at radius 3 is 0.538 bits per heavy atom. The summed E-state index contributed by atoms with van der Waals surface area (Å²) >= 11 is 0. The number of aliphatic carboxylic acids is 4. The molecule has 0 aliphatic heterocycles. The predicted molar refractivity (Wildman–Crippen MR) is 131 cm³/mol. The molecule has 0 radical (unpaired) electrons. The van der Waals surface area contributed by atoms with Crippen LogP contribution in [0.4, 0.5) is 0 Å². The molecule has 0 aliphatic carbocycles. The molecule has 27 heteroatoms. The van der Waals surface area contributed by atoms with Crippen LogP contribution in [-0.2, 0) is 40.0 Å². The maximum atomic E-state index is 9.73. The van der Waals surface area contributed by atoms with E-state index < -0.39 is 68.8 Å². The van der Waals surface area contributed by atoms with Gasteiger partial charge in [-0.3, -0.25) is 37.4 Å². The summed E-state index contributed by atoms with van der Waals surface area (Å²) in [5.41, 5.74) is 39.0. The maximum Gasteiger partial charge on any atom is 0.394 e. The van der Waals surface area contributed by atoms with Gasteiger partial charge < -0.3 is 71.8 Å². The molecule has 0 rings (SSSR count). The lowest BCUT2D eigenvalue weighted by Crippen LogP contribution is -2.37. The molecule has 4 unspecified atom stereocenters. The Bertz CT molecular complexity index is 732. The highest BCUT2D eigenvalue weighted by Gasteiger charge is 2.07. The lowest BCUT2D eigenvalue weighted by atomic mass is 10.3. The van der Waals surface area contributed by atoms with Crippen molar-refractivity contribution in [3.8, 4) is 0 Å². The average Bonchev–Trinajstić information content (AvgIpc) is 2.75. The van der Waals surface area contributed by atoms with E-state index in [1.165, 1.54) is 0 Å². The number of nitrogens with two attached hydrogens (primary N) is 8. The van der Waals surface area contributed by atoms with Gasteiger partial charge in [-0.05, 0) is 0 Å². The summed E-state index contributed by atoms with van der Waals surface area (Å²) in [7, 11) is -9.33. The molecule has 0 saturated carbocycles. The molecule has 0 spiro atoms. The monoisotopic (exact) mass is 630 g/mol. The smallest absolute Gasteiger partial charge is 0.394 e. The molecule has 0 heterocycles. The Kier molecular flexibility index (Phi) is 40.2. The second kappa shape index (κ2) is 29.8. The molecule has 0 aliphatic rings. The van der Waals surface area contributed by atoms with Crippen LogP contribution in [0.1, 0.15) is 0 Å². The minimum Gasteiger partial charge on any atom is -0.480 e. The molecule has 39 heavy (non-hydrogen) atoms. The predicted octanol–water partition coefficient (Wildman–Crippen LogP) is -8.70. The van der Waals surface area contributed by atoms with E-state index in [1.807, 2.05) is 0 Å². The Morgan fingerprint density at radius 2 is 0.538 bits per heavy atom. The standard InChI is InChI=1S/4C3H8N2O2.2H2O4S.H2O/c4*4-1-2(5)3(6)7;2*1-5(2,3)4;/h4*2H,1,4-5H2,(H,6,7);2*(H2,1,2,3,4);1H2. The number of carboxylic acids is 4. The zero-order chi connectivity index (χ0) is 32.4. The summed E-state index contributed by atoms with van der Waals surface area (Å²) in [5.74, 6) is -4.21. The van der Waals surface area contributed by atoms with E-state index >= 15 is 0 Å². The molecule has 0 bridgehead atoms. The minimum absolute atomic E-state index is 0. The van der Waals surface area contributed by atoms with Gasteiger partial charge in [0.2, 0.25) is 0 Å². The Hall–Kier alpha value is -2.74. The summed E-state index contributed by atoms with van der Waals surface area (Å²) in [5, 5.41) is 31.9. The number of carbonyl (C=O) groups is 4. The molecular formula is C12H38N8O17S2. The van der Waals surface area contributed by atoms with Gasteiger partial charge in [-0.25, -0.2) is 0 Å². The first-order valence-electron chi connectivity index (χ1n) is 8.86. The van der Waals surface area contributed by atoms with Crippen LogP contribution in [0.2, 0.25) is 0 Å². The van der Waals surface area contributed by atoms with Gasteiger partial charge in [-0.2, -0.15) is 16.8 Å². The van der Waals surface area contributed by atoms with Crippen molar-refractivity contribution in [2.45, 2.75) is 24.2 Å². The zero-order valence-corrected chi connectivity index (χ0v) is 21.5. The Balaban J connectivity index is -0.0000000631. The lowest BCUT2D eigenvalue weighted by molar-refractivity contribution is -0.139. The second-order valence-electron chi connectivity index (χ2n) is 5.62. The average molecular weight is 631 g/mol. The molecule has 0 fully saturated rings. The molecule has 0 aromatic heterocycles. The lowest BCUT2D eigenvalue weighted by Gasteiger charge is -1.97. The third kappa shape index (κ3) is 86.3.